The molecule has 2 aromatic carbocycles. The predicted molar refractivity (Wildman–Crippen MR) is 50.4 cm³/mol. The largest absolute Gasteiger partial charge is 0.323 e. The topological polar surface area (TPSA) is 38.7 Å². The van der Waals surface area contributed by atoms with Crippen LogP contribution in [0.15, 0.2) is 47.8 Å². The molecule has 3 heteroatoms. The van der Waals surface area contributed by atoms with E-state index in [-0.39, 0.29) is 0 Å². The summed E-state index contributed by atoms with van der Waals surface area (Å²) >= 11 is 0. The zero-order valence-corrected chi connectivity index (χ0v) is 6.81. The van der Waals surface area contributed by atoms with Crippen molar-refractivity contribution in [2.75, 3.05) is 0 Å². The first-order chi connectivity index (χ1) is 6.42. The summed E-state index contributed by atoms with van der Waals surface area (Å²) in [5, 5.41) is 4.33. The summed E-state index contributed by atoms with van der Waals surface area (Å²) in [7, 11) is 0. The van der Waals surface area contributed by atoms with Crippen LogP contribution < -0.4 is 4.84 Å². The molecule has 0 spiro atoms. The van der Waals surface area contributed by atoms with Crippen molar-refractivity contribution in [3.63, 3.8) is 0 Å². The highest BCUT2D eigenvalue weighted by molar-refractivity contribution is 5.88. The Bertz CT molecular complexity index is 434. The van der Waals surface area contributed by atoms with Gasteiger partial charge < -0.3 is 4.84 Å². The van der Waals surface area contributed by atoms with Gasteiger partial charge in [0.25, 0.3) is 0 Å². The third-order valence-corrected chi connectivity index (χ3v) is 1.89. The smallest absolute Gasteiger partial charge is 0.169 e. The molecule has 0 aromatic heterocycles. The van der Waals surface area contributed by atoms with Gasteiger partial charge in [-0.05, 0) is 11.5 Å². The molecule has 0 aliphatic carbocycles. The second-order valence-electron chi connectivity index (χ2n) is 2.64. The van der Waals surface area contributed by atoms with E-state index < -0.39 is 0 Å². The van der Waals surface area contributed by atoms with Crippen LogP contribution in [0.5, 0.6) is 5.75 Å². The summed E-state index contributed by atoms with van der Waals surface area (Å²) in [6.07, 6.45) is 0. The van der Waals surface area contributed by atoms with Crippen LogP contribution in [-0.4, -0.2) is 0 Å². The van der Waals surface area contributed by atoms with Crippen molar-refractivity contribution in [2.24, 2.45) is 5.34 Å². The van der Waals surface area contributed by atoms with Gasteiger partial charge in [-0.1, -0.05) is 36.4 Å². The Balaban J connectivity index is 2.68. The van der Waals surface area contributed by atoms with Crippen molar-refractivity contribution in [2.45, 2.75) is 0 Å². The van der Waals surface area contributed by atoms with E-state index in [1.165, 1.54) is 0 Å². The van der Waals surface area contributed by atoms with Crippen molar-refractivity contribution in [1.29, 1.82) is 0 Å². The Morgan fingerprint density at radius 3 is 2.62 bits per heavy atom. The minimum absolute atomic E-state index is 0.494. The first-order valence-electron chi connectivity index (χ1n) is 3.89. The number of hydrogen-bond donors (Lipinski definition) is 0. The maximum Gasteiger partial charge on any atom is 0.169 e. The van der Waals surface area contributed by atoms with Crippen molar-refractivity contribution < 1.29 is 4.84 Å². The van der Waals surface area contributed by atoms with E-state index in [0.717, 1.165) is 10.8 Å². The molecule has 0 bridgehead atoms. The maximum atomic E-state index is 9.95. The van der Waals surface area contributed by atoms with Gasteiger partial charge in [0.05, 0.1) is 0 Å². The molecular formula is C10H7NO2. The summed E-state index contributed by atoms with van der Waals surface area (Å²) < 4.78 is 0. The van der Waals surface area contributed by atoms with Crippen LogP contribution in [0.2, 0.25) is 0 Å². The van der Waals surface area contributed by atoms with Crippen LogP contribution in [0.1, 0.15) is 0 Å². The number of benzene rings is 2. The van der Waals surface area contributed by atoms with Crippen LogP contribution in [0.25, 0.3) is 10.8 Å². The molecular weight excluding hydrogens is 166 g/mol. The molecule has 2 aromatic rings. The van der Waals surface area contributed by atoms with Crippen LogP contribution in [0, 0.1) is 4.91 Å². The lowest BCUT2D eigenvalue weighted by atomic mass is 10.1. The Labute approximate surface area is 74.9 Å². The van der Waals surface area contributed by atoms with Crippen molar-refractivity contribution in [3.8, 4) is 5.75 Å². The molecule has 0 heterocycles. The standard InChI is InChI=1S/C10H7NO2/c12-11-13-10-7-3-5-8-4-1-2-6-9(8)10/h1-7H. The van der Waals surface area contributed by atoms with Crippen LogP contribution in [0.4, 0.5) is 0 Å². The van der Waals surface area contributed by atoms with Crippen molar-refractivity contribution in [3.05, 3.63) is 47.4 Å². The summed E-state index contributed by atoms with van der Waals surface area (Å²) in [5.41, 5.74) is 0. The van der Waals surface area contributed by atoms with E-state index >= 15 is 0 Å². The first-order valence-corrected chi connectivity index (χ1v) is 3.89. The quantitative estimate of drug-likeness (QED) is 0.517. The Morgan fingerprint density at radius 2 is 1.77 bits per heavy atom. The zero-order valence-electron chi connectivity index (χ0n) is 6.81. The van der Waals surface area contributed by atoms with Gasteiger partial charge in [-0.3, -0.25) is 0 Å². The van der Waals surface area contributed by atoms with Gasteiger partial charge >= 0.3 is 0 Å². The number of fused-ring (bicyclic) bond motifs is 1. The molecule has 0 unspecified atom stereocenters. The number of hydrogen-bond acceptors (Lipinski definition) is 3. The SMILES string of the molecule is O=NOc1cccc2ccccc12. The molecule has 2 rings (SSSR count). The van der Waals surface area contributed by atoms with E-state index in [2.05, 4.69) is 10.2 Å². The molecule has 13 heavy (non-hydrogen) atoms. The van der Waals surface area contributed by atoms with E-state index in [0.29, 0.717) is 5.75 Å². The molecule has 64 valence electrons. The minimum atomic E-state index is 0.494. The highest BCUT2D eigenvalue weighted by Gasteiger charge is 2.00. The average Bonchev–Trinajstić information content (AvgIpc) is 2.19. The van der Waals surface area contributed by atoms with E-state index in [1.807, 2.05) is 36.4 Å². The van der Waals surface area contributed by atoms with Crippen molar-refractivity contribution >= 4 is 10.8 Å². The summed E-state index contributed by atoms with van der Waals surface area (Å²) in [5.74, 6) is 0.494. The van der Waals surface area contributed by atoms with Gasteiger partial charge in [0.1, 0.15) is 0 Å². The molecule has 0 atom stereocenters. The third kappa shape index (κ3) is 1.36. The van der Waals surface area contributed by atoms with Gasteiger partial charge in [-0.15, -0.1) is 4.91 Å². The molecule has 0 fully saturated rings. The molecule has 0 amide bonds. The molecule has 0 saturated carbocycles. The van der Waals surface area contributed by atoms with Gasteiger partial charge in [0, 0.05) is 5.39 Å². The second-order valence-corrected chi connectivity index (χ2v) is 2.64. The lowest BCUT2D eigenvalue weighted by Crippen LogP contribution is -1.81. The van der Waals surface area contributed by atoms with E-state index in [9.17, 15) is 4.91 Å². The molecule has 0 aliphatic rings. The fourth-order valence-corrected chi connectivity index (χ4v) is 1.32. The normalized spacial score (nSPS) is 9.85. The zero-order chi connectivity index (χ0) is 9.10. The Morgan fingerprint density at radius 1 is 1.00 bits per heavy atom. The highest BCUT2D eigenvalue weighted by Crippen LogP contribution is 2.24. The fraction of sp³-hybridized carbons (Fsp3) is 0. The summed E-state index contributed by atoms with van der Waals surface area (Å²) in [6.45, 7) is 0. The van der Waals surface area contributed by atoms with Crippen molar-refractivity contribution in [1.82, 2.24) is 0 Å². The Kier molecular flexibility index (Phi) is 1.92. The molecule has 0 aliphatic heterocycles. The monoisotopic (exact) mass is 173 g/mol. The van der Waals surface area contributed by atoms with Gasteiger partial charge in [-0.25, -0.2) is 0 Å². The predicted octanol–water partition coefficient (Wildman–Crippen LogP) is 2.90. The molecule has 0 N–H and O–H groups in total. The molecule has 3 nitrogen and oxygen atoms in total. The van der Waals surface area contributed by atoms with Crippen LogP contribution >= 0.6 is 0 Å². The van der Waals surface area contributed by atoms with E-state index in [4.69, 9.17) is 0 Å². The summed E-state index contributed by atoms with van der Waals surface area (Å²) in [6, 6.07) is 13.1. The lowest BCUT2D eigenvalue weighted by Gasteiger charge is -2.00. The third-order valence-electron chi connectivity index (χ3n) is 1.89. The molecule has 0 saturated heterocycles. The minimum Gasteiger partial charge on any atom is -0.323 e. The fourth-order valence-electron chi connectivity index (χ4n) is 1.32. The lowest BCUT2D eigenvalue weighted by molar-refractivity contribution is 0.339. The molecule has 0 radical (unpaired) electrons. The van der Waals surface area contributed by atoms with Gasteiger partial charge in [-0.2, -0.15) is 0 Å². The van der Waals surface area contributed by atoms with Crippen LogP contribution in [0.3, 0.4) is 0 Å². The Hall–Kier alpha value is -1.90. The van der Waals surface area contributed by atoms with Crippen LogP contribution in [-0.2, 0) is 0 Å². The van der Waals surface area contributed by atoms with Gasteiger partial charge in [0.15, 0.2) is 11.1 Å². The first kappa shape index (κ1) is 7.73. The second kappa shape index (κ2) is 3.23. The van der Waals surface area contributed by atoms with Gasteiger partial charge in [0.2, 0.25) is 0 Å². The average molecular weight is 173 g/mol. The number of nitrogens with zero attached hydrogens (tertiary/aromatic N) is 1. The summed E-state index contributed by atoms with van der Waals surface area (Å²) in [4.78, 5) is 14.5. The highest BCUT2D eigenvalue weighted by atomic mass is 16.7. The van der Waals surface area contributed by atoms with E-state index in [1.54, 1.807) is 6.07 Å². The number of rotatable bonds is 2. The maximum absolute atomic E-state index is 9.95.